The molecule has 1 aliphatic rings. The normalized spacial score (nSPS) is 17.3. The molecule has 0 radical (unpaired) electrons. The van der Waals surface area contributed by atoms with Gasteiger partial charge in [0.25, 0.3) is 0 Å². The van der Waals surface area contributed by atoms with E-state index < -0.39 is 9.84 Å². The van der Waals surface area contributed by atoms with E-state index in [2.05, 4.69) is 6.92 Å². The van der Waals surface area contributed by atoms with Crippen molar-refractivity contribution in [2.24, 2.45) is 0 Å². The number of carbonyl (C=O) groups is 1. The van der Waals surface area contributed by atoms with E-state index in [1.807, 2.05) is 24.3 Å². The maximum Gasteiger partial charge on any atom is 0.191 e. The zero-order valence-electron chi connectivity index (χ0n) is 14.1. The van der Waals surface area contributed by atoms with Gasteiger partial charge in [0.2, 0.25) is 0 Å². The molecular formula is C20H20O4S. The molecule has 0 saturated carbocycles. The van der Waals surface area contributed by atoms with Gasteiger partial charge < -0.3 is 4.74 Å². The van der Waals surface area contributed by atoms with Crippen LogP contribution in [0.2, 0.25) is 0 Å². The molecule has 0 bridgehead atoms. The van der Waals surface area contributed by atoms with Crippen LogP contribution in [0.4, 0.5) is 0 Å². The van der Waals surface area contributed by atoms with Gasteiger partial charge in [-0.2, -0.15) is 0 Å². The fraction of sp³-hybridized carbons (Fsp3) is 0.250. The van der Waals surface area contributed by atoms with Crippen LogP contribution in [0.1, 0.15) is 35.7 Å². The molecular weight excluding hydrogens is 336 g/mol. The second kappa shape index (κ2) is 7.23. The van der Waals surface area contributed by atoms with Gasteiger partial charge in [-0.1, -0.05) is 37.6 Å². The lowest BCUT2D eigenvalue weighted by atomic mass is 10.0. The first-order valence-electron chi connectivity index (χ1n) is 8.31. The van der Waals surface area contributed by atoms with Gasteiger partial charge in [-0.15, -0.1) is 0 Å². The molecule has 0 N–H and O–H groups in total. The number of Topliss-reactive ketones (excluding diaryl/α,β-unsaturated/α-hetero) is 1. The largest absolute Gasteiger partial charge is 0.494 e. The monoisotopic (exact) mass is 356 g/mol. The third kappa shape index (κ3) is 3.82. The molecule has 1 heterocycles. The highest BCUT2D eigenvalue weighted by Crippen LogP contribution is 2.29. The Morgan fingerprint density at radius 2 is 1.80 bits per heavy atom. The number of fused-ring (bicyclic) bond motifs is 1. The SMILES string of the molecule is CCCCOc1ccc(C=C2CS(=O)(=O)c3ccccc3C2=O)cc1. The molecule has 0 aliphatic carbocycles. The molecule has 4 nitrogen and oxygen atoms in total. The Kier molecular flexibility index (Phi) is 5.04. The highest BCUT2D eigenvalue weighted by atomic mass is 32.2. The zero-order valence-corrected chi connectivity index (χ0v) is 14.9. The first-order chi connectivity index (χ1) is 12.0. The van der Waals surface area contributed by atoms with Gasteiger partial charge in [0.1, 0.15) is 5.75 Å². The van der Waals surface area contributed by atoms with E-state index in [9.17, 15) is 13.2 Å². The van der Waals surface area contributed by atoms with E-state index in [0.717, 1.165) is 24.2 Å². The highest BCUT2D eigenvalue weighted by molar-refractivity contribution is 7.91. The predicted molar refractivity (Wildman–Crippen MR) is 97.6 cm³/mol. The summed E-state index contributed by atoms with van der Waals surface area (Å²) in [5.74, 6) is 0.273. The number of benzene rings is 2. The maximum absolute atomic E-state index is 12.6. The second-order valence-corrected chi connectivity index (χ2v) is 7.98. The summed E-state index contributed by atoms with van der Waals surface area (Å²) in [7, 11) is -3.48. The van der Waals surface area contributed by atoms with E-state index in [0.29, 0.717) is 12.2 Å². The van der Waals surface area contributed by atoms with Crippen molar-refractivity contribution < 1.29 is 17.9 Å². The van der Waals surface area contributed by atoms with Crippen molar-refractivity contribution in [1.82, 2.24) is 0 Å². The van der Waals surface area contributed by atoms with Crippen molar-refractivity contribution in [2.45, 2.75) is 24.7 Å². The van der Waals surface area contributed by atoms with Crippen LogP contribution < -0.4 is 4.74 Å². The third-order valence-corrected chi connectivity index (χ3v) is 5.81. The number of hydrogen-bond acceptors (Lipinski definition) is 4. The molecule has 1 aliphatic heterocycles. The first-order valence-corrected chi connectivity index (χ1v) is 9.96. The van der Waals surface area contributed by atoms with E-state index in [1.54, 1.807) is 24.3 Å². The molecule has 0 spiro atoms. The van der Waals surface area contributed by atoms with Crippen molar-refractivity contribution >= 4 is 21.7 Å². The minimum absolute atomic E-state index is 0.122. The molecule has 5 heteroatoms. The topological polar surface area (TPSA) is 60.4 Å². The summed E-state index contributed by atoms with van der Waals surface area (Å²) in [4.78, 5) is 12.7. The fourth-order valence-corrected chi connectivity index (χ4v) is 4.31. The Morgan fingerprint density at radius 1 is 1.08 bits per heavy atom. The third-order valence-electron chi connectivity index (χ3n) is 4.09. The second-order valence-electron chi connectivity index (χ2n) is 6.02. The minimum Gasteiger partial charge on any atom is -0.494 e. The molecule has 0 unspecified atom stereocenters. The van der Waals surface area contributed by atoms with Crippen LogP contribution in [-0.4, -0.2) is 26.6 Å². The number of sulfone groups is 1. The van der Waals surface area contributed by atoms with Crippen molar-refractivity contribution in [1.29, 1.82) is 0 Å². The number of ketones is 1. The zero-order chi connectivity index (χ0) is 17.9. The average molecular weight is 356 g/mol. The van der Waals surface area contributed by atoms with Crippen molar-refractivity contribution in [2.75, 3.05) is 12.4 Å². The van der Waals surface area contributed by atoms with Crippen molar-refractivity contribution in [3.8, 4) is 5.75 Å². The molecule has 0 saturated heterocycles. The number of unbranched alkanes of at least 4 members (excludes halogenated alkanes) is 1. The van der Waals surface area contributed by atoms with Crippen LogP contribution in [-0.2, 0) is 9.84 Å². The van der Waals surface area contributed by atoms with Crippen LogP contribution in [0.15, 0.2) is 59.0 Å². The Morgan fingerprint density at radius 3 is 2.52 bits per heavy atom. The number of rotatable bonds is 5. The van der Waals surface area contributed by atoms with Gasteiger partial charge in [-0.05, 0) is 42.3 Å². The van der Waals surface area contributed by atoms with Gasteiger partial charge in [-0.25, -0.2) is 8.42 Å². The summed E-state index contributed by atoms with van der Waals surface area (Å²) in [6.45, 7) is 2.77. The number of ether oxygens (including phenoxy) is 1. The smallest absolute Gasteiger partial charge is 0.191 e. The Labute approximate surface area is 148 Å². The van der Waals surface area contributed by atoms with E-state index >= 15 is 0 Å². The van der Waals surface area contributed by atoms with Gasteiger partial charge in [-0.3, -0.25) is 4.79 Å². The highest BCUT2D eigenvalue weighted by Gasteiger charge is 2.32. The summed E-state index contributed by atoms with van der Waals surface area (Å²) in [6.07, 6.45) is 3.71. The van der Waals surface area contributed by atoms with E-state index in [-0.39, 0.29) is 22.0 Å². The molecule has 25 heavy (non-hydrogen) atoms. The van der Waals surface area contributed by atoms with Gasteiger partial charge in [0.05, 0.1) is 17.3 Å². The molecule has 2 aromatic rings. The van der Waals surface area contributed by atoms with Crippen LogP contribution in [0.5, 0.6) is 5.75 Å². The Bertz CT molecular complexity index is 909. The van der Waals surface area contributed by atoms with Gasteiger partial charge in [0.15, 0.2) is 15.6 Å². The predicted octanol–water partition coefficient (Wildman–Crippen LogP) is 3.92. The van der Waals surface area contributed by atoms with Crippen LogP contribution in [0.3, 0.4) is 0 Å². The number of carbonyl (C=O) groups excluding carboxylic acids is 1. The molecule has 0 aromatic heterocycles. The van der Waals surface area contributed by atoms with Crippen LogP contribution in [0, 0.1) is 0 Å². The molecule has 0 fully saturated rings. The van der Waals surface area contributed by atoms with Crippen molar-refractivity contribution in [3.63, 3.8) is 0 Å². The standard InChI is InChI=1S/C20H20O4S/c1-2-3-12-24-17-10-8-15(9-11-17)13-16-14-25(22,23)19-7-5-4-6-18(19)20(16)21/h4-11,13H,2-3,12,14H2,1H3. The Balaban J connectivity index is 1.86. The molecule has 0 amide bonds. The number of hydrogen-bond donors (Lipinski definition) is 0. The van der Waals surface area contributed by atoms with Crippen LogP contribution in [0.25, 0.3) is 6.08 Å². The fourth-order valence-electron chi connectivity index (χ4n) is 2.75. The lowest BCUT2D eigenvalue weighted by molar-refractivity contribution is 0.103. The van der Waals surface area contributed by atoms with E-state index in [4.69, 9.17) is 4.74 Å². The molecule has 130 valence electrons. The maximum atomic E-state index is 12.6. The summed E-state index contributed by atoms with van der Waals surface area (Å²) in [5, 5.41) is 0. The summed E-state index contributed by atoms with van der Waals surface area (Å²) < 4.78 is 30.4. The van der Waals surface area contributed by atoms with Crippen LogP contribution >= 0.6 is 0 Å². The molecule has 3 rings (SSSR count). The lowest BCUT2D eigenvalue weighted by Gasteiger charge is -2.17. The molecule has 0 atom stereocenters. The minimum atomic E-state index is -3.48. The summed E-state index contributed by atoms with van der Waals surface area (Å²) in [5.41, 5.74) is 1.32. The Hall–Kier alpha value is -2.40. The average Bonchev–Trinajstić information content (AvgIpc) is 2.61. The first kappa shape index (κ1) is 17.4. The molecule has 2 aromatic carbocycles. The van der Waals surface area contributed by atoms with Gasteiger partial charge >= 0.3 is 0 Å². The lowest BCUT2D eigenvalue weighted by Crippen LogP contribution is -2.24. The quantitative estimate of drug-likeness (QED) is 0.602. The summed E-state index contributed by atoms with van der Waals surface area (Å²) >= 11 is 0. The van der Waals surface area contributed by atoms with Gasteiger partial charge in [0, 0.05) is 11.1 Å². The van der Waals surface area contributed by atoms with Crippen molar-refractivity contribution in [3.05, 3.63) is 65.2 Å². The summed E-state index contributed by atoms with van der Waals surface area (Å²) in [6, 6.07) is 13.7. The van der Waals surface area contributed by atoms with E-state index in [1.165, 1.54) is 6.07 Å².